The van der Waals surface area contributed by atoms with Crippen LogP contribution >= 0.6 is 11.6 Å². The van der Waals surface area contributed by atoms with Crippen molar-refractivity contribution in [2.24, 2.45) is 5.92 Å². The number of hydrogen-bond donors (Lipinski definition) is 1. The van der Waals surface area contributed by atoms with E-state index in [1.807, 2.05) is 0 Å². The van der Waals surface area contributed by atoms with E-state index in [0.29, 0.717) is 12.5 Å². The predicted molar refractivity (Wildman–Crippen MR) is 68.7 cm³/mol. The molecule has 2 aliphatic rings. The van der Waals surface area contributed by atoms with Crippen LogP contribution in [0.15, 0.2) is 12.1 Å². The lowest BCUT2D eigenvalue weighted by Crippen LogP contribution is -2.31. The van der Waals surface area contributed by atoms with Crippen LogP contribution in [-0.4, -0.2) is 23.7 Å². The number of aromatic nitrogens is 1. The minimum Gasteiger partial charge on any atom is -0.376 e. The lowest BCUT2D eigenvalue weighted by atomic mass is 10.1. The molecule has 110 valence electrons. The summed E-state index contributed by atoms with van der Waals surface area (Å²) >= 11 is 5.67. The van der Waals surface area contributed by atoms with Crippen LogP contribution in [0.25, 0.3) is 0 Å². The Morgan fingerprint density at radius 3 is 2.65 bits per heavy atom. The second kappa shape index (κ2) is 5.07. The van der Waals surface area contributed by atoms with Gasteiger partial charge in [0.05, 0.1) is 17.7 Å². The minimum atomic E-state index is -4.43. The molecule has 2 unspecified atom stereocenters. The Bertz CT molecular complexity index is 505. The second-order valence-corrected chi connectivity index (χ2v) is 5.66. The SMILES string of the molecule is FC(F)(F)c1cc(Cl)nc(NC2CCOC2C2CC2)c1. The van der Waals surface area contributed by atoms with Gasteiger partial charge in [0.1, 0.15) is 11.0 Å². The Hall–Kier alpha value is -1.01. The highest BCUT2D eigenvalue weighted by molar-refractivity contribution is 6.29. The van der Waals surface area contributed by atoms with Crippen LogP contribution in [-0.2, 0) is 10.9 Å². The third kappa shape index (κ3) is 3.01. The molecule has 1 aromatic rings. The molecule has 20 heavy (non-hydrogen) atoms. The number of rotatable bonds is 3. The molecule has 0 bridgehead atoms. The van der Waals surface area contributed by atoms with Crippen LogP contribution in [0.1, 0.15) is 24.8 Å². The molecule has 3 rings (SSSR count). The maximum Gasteiger partial charge on any atom is 0.416 e. The average molecular weight is 307 g/mol. The summed E-state index contributed by atoms with van der Waals surface area (Å²) in [7, 11) is 0. The van der Waals surface area contributed by atoms with Crippen LogP contribution < -0.4 is 5.32 Å². The molecule has 2 fully saturated rings. The van der Waals surface area contributed by atoms with Crippen molar-refractivity contribution in [1.29, 1.82) is 0 Å². The van der Waals surface area contributed by atoms with Gasteiger partial charge in [-0.1, -0.05) is 11.6 Å². The number of hydrogen-bond acceptors (Lipinski definition) is 3. The normalized spacial score (nSPS) is 26.8. The molecule has 0 amide bonds. The first-order valence-corrected chi connectivity index (χ1v) is 6.94. The molecule has 1 saturated carbocycles. The standard InChI is InChI=1S/C13H14ClF3N2O/c14-10-5-8(13(15,16)17)6-11(19-10)18-9-3-4-20-12(9)7-1-2-7/h5-7,9,12H,1-4H2,(H,18,19). The quantitative estimate of drug-likeness (QED) is 0.864. The zero-order valence-electron chi connectivity index (χ0n) is 10.6. The van der Waals surface area contributed by atoms with Crippen molar-refractivity contribution >= 4 is 17.4 Å². The number of halogens is 4. The van der Waals surface area contributed by atoms with Gasteiger partial charge in [0.15, 0.2) is 0 Å². The van der Waals surface area contributed by atoms with E-state index < -0.39 is 11.7 Å². The minimum absolute atomic E-state index is 0.00884. The van der Waals surface area contributed by atoms with Crippen molar-refractivity contribution in [3.63, 3.8) is 0 Å². The summed E-state index contributed by atoms with van der Waals surface area (Å²) in [6.45, 7) is 0.630. The van der Waals surface area contributed by atoms with E-state index in [1.54, 1.807) is 0 Å². The summed E-state index contributed by atoms with van der Waals surface area (Å²) in [5, 5.41) is 2.88. The van der Waals surface area contributed by atoms with Gasteiger partial charge in [-0.05, 0) is 37.3 Å². The van der Waals surface area contributed by atoms with Crippen molar-refractivity contribution in [2.75, 3.05) is 11.9 Å². The molecule has 0 radical (unpaired) electrons. The summed E-state index contributed by atoms with van der Waals surface area (Å²) in [4.78, 5) is 3.92. The summed E-state index contributed by atoms with van der Waals surface area (Å²) in [5.74, 6) is 0.683. The Morgan fingerprint density at radius 2 is 2.00 bits per heavy atom. The molecular weight excluding hydrogens is 293 g/mol. The van der Waals surface area contributed by atoms with Crippen molar-refractivity contribution in [2.45, 2.75) is 37.6 Å². The van der Waals surface area contributed by atoms with Crippen molar-refractivity contribution in [3.8, 4) is 0 Å². The predicted octanol–water partition coefficient (Wildman–Crippen LogP) is 3.73. The van der Waals surface area contributed by atoms with E-state index in [9.17, 15) is 13.2 Å². The Labute approximate surface area is 119 Å². The zero-order chi connectivity index (χ0) is 14.3. The molecule has 1 saturated heterocycles. The summed E-state index contributed by atoms with van der Waals surface area (Å²) < 4.78 is 43.9. The largest absolute Gasteiger partial charge is 0.416 e. The van der Waals surface area contributed by atoms with Crippen LogP contribution in [0.2, 0.25) is 5.15 Å². The topological polar surface area (TPSA) is 34.2 Å². The van der Waals surface area contributed by atoms with E-state index in [-0.39, 0.29) is 23.1 Å². The fourth-order valence-corrected chi connectivity index (χ4v) is 2.79. The van der Waals surface area contributed by atoms with Crippen LogP contribution in [0.3, 0.4) is 0 Å². The Balaban J connectivity index is 1.78. The highest BCUT2D eigenvalue weighted by Crippen LogP contribution is 2.40. The van der Waals surface area contributed by atoms with Gasteiger partial charge < -0.3 is 10.1 Å². The van der Waals surface area contributed by atoms with Crippen LogP contribution in [0.5, 0.6) is 0 Å². The Kier molecular flexibility index (Phi) is 3.54. The molecule has 7 heteroatoms. The highest BCUT2D eigenvalue weighted by Gasteiger charge is 2.41. The number of nitrogens with zero attached hydrogens (tertiary/aromatic N) is 1. The third-order valence-electron chi connectivity index (χ3n) is 3.68. The van der Waals surface area contributed by atoms with Gasteiger partial charge in [-0.15, -0.1) is 0 Å². The van der Waals surface area contributed by atoms with Crippen molar-refractivity contribution in [3.05, 3.63) is 22.8 Å². The highest BCUT2D eigenvalue weighted by atomic mass is 35.5. The summed E-state index contributed by atoms with van der Waals surface area (Å²) in [5.41, 5.74) is -0.790. The van der Waals surface area contributed by atoms with Gasteiger partial charge in [0.2, 0.25) is 0 Å². The van der Waals surface area contributed by atoms with E-state index >= 15 is 0 Å². The maximum absolute atomic E-state index is 12.7. The summed E-state index contributed by atoms with van der Waals surface area (Å²) in [6, 6.07) is 1.83. The first-order chi connectivity index (χ1) is 9.43. The van der Waals surface area contributed by atoms with Crippen LogP contribution in [0, 0.1) is 5.92 Å². The lowest BCUT2D eigenvalue weighted by Gasteiger charge is -2.20. The van der Waals surface area contributed by atoms with Gasteiger partial charge in [-0.25, -0.2) is 4.98 Å². The number of ether oxygens (including phenoxy) is 1. The van der Waals surface area contributed by atoms with Gasteiger partial charge in [-0.3, -0.25) is 0 Å². The summed E-state index contributed by atoms with van der Waals surface area (Å²) in [6.07, 6.45) is -1.33. The molecule has 0 spiro atoms. The zero-order valence-corrected chi connectivity index (χ0v) is 11.3. The second-order valence-electron chi connectivity index (χ2n) is 5.27. The molecule has 1 aliphatic heterocycles. The molecule has 1 aliphatic carbocycles. The first kappa shape index (κ1) is 13.9. The third-order valence-corrected chi connectivity index (χ3v) is 3.87. The molecule has 0 aromatic carbocycles. The van der Waals surface area contributed by atoms with E-state index in [2.05, 4.69) is 10.3 Å². The number of nitrogens with one attached hydrogen (secondary N) is 1. The van der Waals surface area contributed by atoms with Crippen molar-refractivity contribution < 1.29 is 17.9 Å². The van der Waals surface area contributed by atoms with Gasteiger partial charge in [-0.2, -0.15) is 13.2 Å². The smallest absolute Gasteiger partial charge is 0.376 e. The van der Waals surface area contributed by atoms with Crippen molar-refractivity contribution in [1.82, 2.24) is 4.98 Å². The molecule has 2 atom stereocenters. The maximum atomic E-state index is 12.7. The Morgan fingerprint density at radius 1 is 1.25 bits per heavy atom. The molecule has 2 heterocycles. The van der Waals surface area contributed by atoms with E-state index in [1.165, 1.54) is 0 Å². The molecular formula is C13H14ClF3N2O. The number of anilines is 1. The molecule has 1 aromatic heterocycles. The fraction of sp³-hybridized carbons (Fsp3) is 0.615. The lowest BCUT2D eigenvalue weighted by molar-refractivity contribution is -0.137. The van der Waals surface area contributed by atoms with E-state index in [4.69, 9.17) is 16.3 Å². The first-order valence-electron chi connectivity index (χ1n) is 6.56. The van der Waals surface area contributed by atoms with Gasteiger partial charge in [0, 0.05) is 6.61 Å². The molecule has 3 nitrogen and oxygen atoms in total. The monoisotopic (exact) mass is 306 g/mol. The number of alkyl halides is 3. The fourth-order valence-electron chi connectivity index (χ4n) is 2.58. The van der Waals surface area contributed by atoms with E-state index in [0.717, 1.165) is 31.4 Å². The number of pyridine rings is 1. The molecule has 1 N–H and O–H groups in total. The van der Waals surface area contributed by atoms with Gasteiger partial charge in [0.25, 0.3) is 0 Å². The average Bonchev–Trinajstić information content (AvgIpc) is 3.09. The van der Waals surface area contributed by atoms with Crippen LogP contribution in [0.4, 0.5) is 19.0 Å². The van der Waals surface area contributed by atoms with Gasteiger partial charge >= 0.3 is 6.18 Å².